The molecule has 0 bridgehead atoms. The maximum Gasteiger partial charge on any atom is 0.228 e. The average molecular weight is 384 g/mol. The molecule has 0 aromatic heterocycles. The number of carbonyl (C=O) groups is 2. The van der Waals surface area contributed by atoms with Crippen LogP contribution in [0.15, 0.2) is 30.3 Å². The van der Waals surface area contributed by atoms with E-state index in [1.807, 2.05) is 15.9 Å². The van der Waals surface area contributed by atoms with Crippen molar-refractivity contribution in [2.45, 2.75) is 45.6 Å². The Balaban J connectivity index is 1.34. The maximum atomic E-state index is 13.1. The fraction of sp³-hybridized carbons (Fsp3) is 0.652. The summed E-state index contributed by atoms with van der Waals surface area (Å²) in [6, 6.07) is 10.7. The molecule has 2 saturated heterocycles. The van der Waals surface area contributed by atoms with Crippen molar-refractivity contribution in [2.24, 2.45) is 17.8 Å². The van der Waals surface area contributed by atoms with Gasteiger partial charge in [0, 0.05) is 50.9 Å². The highest BCUT2D eigenvalue weighted by Crippen LogP contribution is 2.36. The third-order valence-corrected chi connectivity index (χ3v) is 7.28. The number of piperazine rings is 1. The Morgan fingerprint density at radius 3 is 2.43 bits per heavy atom. The fourth-order valence-electron chi connectivity index (χ4n) is 5.29. The summed E-state index contributed by atoms with van der Waals surface area (Å²) >= 11 is 0. The second kappa shape index (κ2) is 8.14. The number of carbonyl (C=O) groups excluding carboxylic acids is 2. The SMILES string of the molecule is C[C@@H]1[C@H](C)CCC[C@H]1N1C[C@H](C(=O)N2CCN(c3ccccc3)CC2)CC1=O. The molecule has 2 heterocycles. The Morgan fingerprint density at radius 2 is 1.71 bits per heavy atom. The van der Waals surface area contributed by atoms with Crippen LogP contribution in [0.25, 0.3) is 0 Å². The highest BCUT2D eigenvalue weighted by atomic mass is 16.2. The molecule has 0 unspecified atom stereocenters. The minimum absolute atomic E-state index is 0.153. The van der Waals surface area contributed by atoms with E-state index in [0.29, 0.717) is 30.8 Å². The van der Waals surface area contributed by atoms with Crippen LogP contribution < -0.4 is 4.90 Å². The number of amides is 2. The Bertz CT molecular complexity index is 699. The molecule has 28 heavy (non-hydrogen) atoms. The molecule has 5 heteroatoms. The molecule has 4 atom stereocenters. The van der Waals surface area contributed by atoms with Crippen LogP contribution in [-0.2, 0) is 9.59 Å². The minimum Gasteiger partial charge on any atom is -0.368 e. The molecule has 1 saturated carbocycles. The van der Waals surface area contributed by atoms with Gasteiger partial charge in [-0.15, -0.1) is 0 Å². The number of nitrogens with zero attached hydrogens (tertiary/aromatic N) is 3. The summed E-state index contributed by atoms with van der Waals surface area (Å²) in [4.78, 5) is 32.2. The predicted octanol–water partition coefficient (Wildman–Crippen LogP) is 3.01. The van der Waals surface area contributed by atoms with Gasteiger partial charge < -0.3 is 14.7 Å². The van der Waals surface area contributed by atoms with Crippen molar-refractivity contribution in [2.75, 3.05) is 37.6 Å². The normalized spacial score (nSPS) is 31.4. The van der Waals surface area contributed by atoms with E-state index in [9.17, 15) is 9.59 Å². The van der Waals surface area contributed by atoms with E-state index in [0.717, 1.165) is 32.6 Å². The first-order valence-electron chi connectivity index (χ1n) is 10.9. The van der Waals surface area contributed by atoms with Crippen LogP contribution in [0.1, 0.15) is 39.5 Å². The van der Waals surface area contributed by atoms with E-state index in [2.05, 4.69) is 43.0 Å². The number of hydrogen-bond donors (Lipinski definition) is 0. The standard InChI is InChI=1S/C23H33N3O2/c1-17-7-6-10-21(18(17)2)26-16-19(15-22(26)27)23(28)25-13-11-24(12-14-25)20-8-4-3-5-9-20/h3-5,8-9,17-19,21H,6-7,10-16H2,1-2H3/t17-,18-,19-,21-/m1/s1. The van der Waals surface area contributed by atoms with E-state index in [1.54, 1.807) is 0 Å². The first kappa shape index (κ1) is 19.3. The molecular weight excluding hydrogens is 350 g/mol. The Hall–Kier alpha value is -2.04. The molecule has 3 fully saturated rings. The van der Waals surface area contributed by atoms with Crippen LogP contribution in [0.2, 0.25) is 0 Å². The zero-order valence-electron chi connectivity index (χ0n) is 17.2. The number of benzene rings is 1. The summed E-state index contributed by atoms with van der Waals surface area (Å²) < 4.78 is 0. The molecule has 5 nitrogen and oxygen atoms in total. The monoisotopic (exact) mass is 383 g/mol. The minimum atomic E-state index is -0.153. The van der Waals surface area contributed by atoms with E-state index in [1.165, 1.54) is 18.5 Å². The van der Waals surface area contributed by atoms with Crippen molar-refractivity contribution in [3.8, 4) is 0 Å². The van der Waals surface area contributed by atoms with Gasteiger partial charge in [0.15, 0.2) is 0 Å². The van der Waals surface area contributed by atoms with Gasteiger partial charge in [-0.1, -0.05) is 44.9 Å². The molecule has 1 aliphatic carbocycles. The zero-order valence-corrected chi connectivity index (χ0v) is 17.2. The highest BCUT2D eigenvalue weighted by Gasteiger charge is 2.42. The first-order chi connectivity index (χ1) is 13.5. The highest BCUT2D eigenvalue weighted by molar-refractivity contribution is 5.89. The number of para-hydroxylation sites is 1. The molecule has 1 aromatic rings. The second-order valence-corrected chi connectivity index (χ2v) is 8.93. The first-order valence-corrected chi connectivity index (χ1v) is 10.9. The lowest BCUT2D eigenvalue weighted by Crippen LogP contribution is -2.51. The summed E-state index contributed by atoms with van der Waals surface area (Å²) in [5.41, 5.74) is 1.22. The Labute approximate surface area is 168 Å². The van der Waals surface area contributed by atoms with Crippen LogP contribution >= 0.6 is 0 Å². The number of likely N-dealkylation sites (tertiary alicyclic amines) is 1. The number of anilines is 1. The fourth-order valence-corrected chi connectivity index (χ4v) is 5.29. The smallest absolute Gasteiger partial charge is 0.228 e. The molecule has 4 rings (SSSR count). The topological polar surface area (TPSA) is 43.9 Å². The number of rotatable bonds is 3. The van der Waals surface area contributed by atoms with Gasteiger partial charge in [0.2, 0.25) is 11.8 Å². The third-order valence-electron chi connectivity index (χ3n) is 7.28. The largest absolute Gasteiger partial charge is 0.368 e. The van der Waals surface area contributed by atoms with Crippen molar-refractivity contribution < 1.29 is 9.59 Å². The molecule has 3 aliphatic rings. The van der Waals surface area contributed by atoms with Gasteiger partial charge >= 0.3 is 0 Å². The zero-order chi connectivity index (χ0) is 19.7. The van der Waals surface area contributed by atoms with Crippen molar-refractivity contribution in [1.29, 1.82) is 0 Å². The van der Waals surface area contributed by atoms with Gasteiger partial charge in [-0.2, -0.15) is 0 Å². The van der Waals surface area contributed by atoms with Gasteiger partial charge in [0.25, 0.3) is 0 Å². The molecular formula is C23H33N3O2. The van der Waals surface area contributed by atoms with Crippen LogP contribution in [0, 0.1) is 17.8 Å². The lowest BCUT2D eigenvalue weighted by molar-refractivity contribution is -0.136. The van der Waals surface area contributed by atoms with Crippen molar-refractivity contribution in [1.82, 2.24) is 9.80 Å². The molecule has 0 N–H and O–H groups in total. The van der Waals surface area contributed by atoms with Crippen molar-refractivity contribution in [3.05, 3.63) is 30.3 Å². The molecule has 0 radical (unpaired) electrons. The summed E-state index contributed by atoms with van der Waals surface area (Å²) in [5, 5.41) is 0. The Kier molecular flexibility index (Phi) is 5.61. The Morgan fingerprint density at radius 1 is 1.00 bits per heavy atom. The van der Waals surface area contributed by atoms with Crippen LogP contribution in [-0.4, -0.2) is 60.4 Å². The van der Waals surface area contributed by atoms with E-state index < -0.39 is 0 Å². The third kappa shape index (κ3) is 3.76. The van der Waals surface area contributed by atoms with E-state index in [-0.39, 0.29) is 17.7 Å². The van der Waals surface area contributed by atoms with Crippen molar-refractivity contribution >= 4 is 17.5 Å². The van der Waals surface area contributed by atoms with Gasteiger partial charge in [0.1, 0.15) is 0 Å². The molecule has 0 spiro atoms. The second-order valence-electron chi connectivity index (χ2n) is 8.93. The van der Waals surface area contributed by atoms with Gasteiger partial charge in [-0.3, -0.25) is 9.59 Å². The summed E-state index contributed by atoms with van der Waals surface area (Å²) in [6.45, 7) is 8.41. The van der Waals surface area contributed by atoms with Gasteiger partial charge in [-0.25, -0.2) is 0 Å². The van der Waals surface area contributed by atoms with Crippen LogP contribution in [0.3, 0.4) is 0 Å². The van der Waals surface area contributed by atoms with E-state index in [4.69, 9.17) is 0 Å². The van der Waals surface area contributed by atoms with Crippen LogP contribution in [0.4, 0.5) is 5.69 Å². The summed E-state index contributed by atoms with van der Waals surface area (Å²) in [5.74, 6) is 1.40. The number of hydrogen-bond acceptors (Lipinski definition) is 3. The lowest BCUT2D eigenvalue weighted by atomic mass is 9.77. The van der Waals surface area contributed by atoms with Gasteiger partial charge in [0.05, 0.1) is 5.92 Å². The van der Waals surface area contributed by atoms with Gasteiger partial charge in [-0.05, 0) is 30.4 Å². The quantitative estimate of drug-likeness (QED) is 0.806. The van der Waals surface area contributed by atoms with Crippen molar-refractivity contribution in [3.63, 3.8) is 0 Å². The predicted molar refractivity (Wildman–Crippen MR) is 111 cm³/mol. The summed E-state index contributed by atoms with van der Waals surface area (Å²) in [7, 11) is 0. The summed E-state index contributed by atoms with van der Waals surface area (Å²) in [6.07, 6.45) is 3.94. The average Bonchev–Trinajstić information content (AvgIpc) is 3.12. The molecule has 152 valence electrons. The van der Waals surface area contributed by atoms with E-state index >= 15 is 0 Å². The molecule has 1 aromatic carbocycles. The molecule has 2 aliphatic heterocycles. The lowest BCUT2D eigenvalue weighted by Gasteiger charge is -2.40. The molecule has 2 amide bonds. The maximum absolute atomic E-state index is 13.1. The van der Waals surface area contributed by atoms with Crippen LogP contribution in [0.5, 0.6) is 0 Å².